The lowest BCUT2D eigenvalue weighted by molar-refractivity contribution is 0.211. The summed E-state index contributed by atoms with van der Waals surface area (Å²) in [5.74, 6) is 1.76. The lowest BCUT2D eigenvalue weighted by atomic mass is 10.0. The van der Waals surface area contributed by atoms with Gasteiger partial charge in [-0.15, -0.1) is 0 Å². The molecule has 0 saturated carbocycles. The van der Waals surface area contributed by atoms with E-state index in [9.17, 15) is 0 Å². The summed E-state index contributed by atoms with van der Waals surface area (Å²) in [7, 11) is 0. The number of likely N-dealkylation sites (tertiary alicyclic amines) is 1. The van der Waals surface area contributed by atoms with Crippen LogP contribution in [0.4, 0.5) is 5.69 Å². The van der Waals surface area contributed by atoms with E-state index in [1.54, 1.807) is 0 Å². The number of ether oxygens (including phenoxy) is 1. The second-order valence-electron chi connectivity index (χ2n) is 7.27. The zero-order chi connectivity index (χ0) is 19.2. The van der Waals surface area contributed by atoms with Crippen molar-refractivity contribution >= 4 is 17.3 Å². The zero-order valence-corrected chi connectivity index (χ0v) is 16.6. The van der Waals surface area contributed by atoms with Gasteiger partial charge < -0.3 is 10.1 Å². The van der Waals surface area contributed by atoms with Crippen LogP contribution in [-0.2, 0) is 6.54 Å². The molecular formula is C24H25ClN2O. The number of piperidine rings is 1. The molecule has 0 radical (unpaired) electrons. The van der Waals surface area contributed by atoms with Crippen molar-refractivity contribution in [3.05, 3.63) is 89.4 Å². The minimum atomic E-state index is 0.502. The van der Waals surface area contributed by atoms with Crippen molar-refractivity contribution in [3.8, 4) is 11.5 Å². The number of para-hydroxylation sites is 1. The molecule has 1 saturated heterocycles. The predicted octanol–water partition coefficient (Wildman–Crippen LogP) is 6.21. The summed E-state index contributed by atoms with van der Waals surface area (Å²) in [6, 6.07) is 26.8. The van der Waals surface area contributed by atoms with E-state index in [1.807, 2.05) is 54.6 Å². The Morgan fingerprint density at radius 1 is 0.857 bits per heavy atom. The van der Waals surface area contributed by atoms with Gasteiger partial charge in [-0.3, -0.25) is 4.90 Å². The molecule has 0 aromatic heterocycles. The molecule has 28 heavy (non-hydrogen) atoms. The maximum Gasteiger partial charge on any atom is 0.127 e. The maximum absolute atomic E-state index is 6.08. The van der Waals surface area contributed by atoms with Gasteiger partial charge in [-0.25, -0.2) is 0 Å². The summed E-state index contributed by atoms with van der Waals surface area (Å²) in [5.41, 5.74) is 2.39. The first-order valence-corrected chi connectivity index (χ1v) is 10.2. The molecule has 1 heterocycles. The lowest BCUT2D eigenvalue weighted by Crippen LogP contribution is -2.38. The molecule has 1 N–H and O–H groups in total. The molecule has 4 rings (SSSR count). The predicted molar refractivity (Wildman–Crippen MR) is 116 cm³/mol. The van der Waals surface area contributed by atoms with Gasteiger partial charge in [0.2, 0.25) is 0 Å². The Balaban J connectivity index is 1.29. The third-order valence-electron chi connectivity index (χ3n) is 5.07. The van der Waals surface area contributed by atoms with Crippen LogP contribution in [0.3, 0.4) is 0 Å². The molecule has 0 aliphatic carbocycles. The smallest absolute Gasteiger partial charge is 0.127 e. The van der Waals surface area contributed by atoms with Crippen LogP contribution in [0.2, 0.25) is 5.02 Å². The second-order valence-corrected chi connectivity index (χ2v) is 7.70. The average Bonchev–Trinajstić information content (AvgIpc) is 2.71. The highest BCUT2D eigenvalue weighted by Crippen LogP contribution is 2.24. The summed E-state index contributed by atoms with van der Waals surface area (Å²) in [6.07, 6.45) is 2.26. The van der Waals surface area contributed by atoms with Crippen molar-refractivity contribution in [2.24, 2.45) is 0 Å². The number of anilines is 1. The molecule has 4 heteroatoms. The Labute approximate surface area is 171 Å². The minimum absolute atomic E-state index is 0.502. The molecule has 3 nitrogen and oxygen atoms in total. The van der Waals surface area contributed by atoms with E-state index in [0.29, 0.717) is 6.04 Å². The highest BCUT2D eigenvalue weighted by Gasteiger charge is 2.19. The highest BCUT2D eigenvalue weighted by molar-refractivity contribution is 6.30. The molecule has 1 aliphatic heterocycles. The Morgan fingerprint density at radius 3 is 2.39 bits per heavy atom. The van der Waals surface area contributed by atoms with Gasteiger partial charge in [-0.2, -0.15) is 0 Å². The van der Waals surface area contributed by atoms with Crippen molar-refractivity contribution < 1.29 is 4.74 Å². The van der Waals surface area contributed by atoms with E-state index in [4.69, 9.17) is 16.3 Å². The molecule has 0 unspecified atom stereocenters. The van der Waals surface area contributed by atoms with Crippen molar-refractivity contribution in [1.29, 1.82) is 0 Å². The van der Waals surface area contributed by atoms with Gasteiger partial charge in [-0.1, -0.05) is 48.0 Å². The van der Waals surface area contributed by atoms with Crippen LogP contribution in [-0.4, -0.2) is 24.0 Å². The Kier molecular flexibility index (Phi) is 6.15. The van der Waals surface area contributed by atoms with Crippen LogP contribution < -0.4 is 10.1 Å². The quantitative estimate of drug-likeness (QED) is 0.539. The van der Waals surface area contributed by atoms with Crippen molar-refractivity contribution in [1.82, 2.24) is 4.90 Å². The summed E-state index contributed by atoms with van der Waals surface area (Å²) in [6.45, 7) is 3.12. The van der Waals surface area contributed by atoms with E-state index in [2.05, 4.69) is 34.5 Å². The number of nitrogens with one attached hydrogen (secondary N) is 1. The fourth-order valence-corrected chi connectivity index (χ4v) is 3.83. The lowest BCUT2D eigenvalue weighted by Gasteiger charge is -2.33. The third-order valence-corrected chi connectivity index (χ3v) is 5.30. The Morgan fingerprint density at radius 2 is 1.61 bits per heavy atom. The minimum Gasteiger partial charge on any atom is -0.457 e. The topological polar surface area (TPSA) is 24.5 Å². The standard InChI is InChI=1S/C24H25ClN2O/c25-20-7-5-8-22(17-20)26-21-12-14-27(15-13-21)18-19-6-4-11-24(16-19)28-23-9-2-1-3-10-23/h1-11,16-17,21,26H,12-15,18H2. The number of benzene rings is 3. The van der Waals surface area contributed by atoms with Crippen molar-refractivity contribution in [2.75, 3.05) is 18.4 Å². The molecule has 0 atom stereocenters. The number of hydrogen-bond acceptors (Lipinski definition) is 3. The van der Waals surface area contributed by atoms with E-state index >= 15 is 0 Å². The first-order chi connectivity index (χ1) is 13.7. The SMILES string of the molecule is Clc1cccc(NC2CCN(Cc3cccc(Oc4ccccc4)c3)CC2)c1. The second kappa shape index (κ2) is 9.13. The first kappa shape index (κ1) is 18.9. The molecule has 1 fully saturated rings. The Hall–Kier alpha value is -2.49. The normalized spacial score (nSPS) is 15.3. The van der Waals surface area contributed by atoms with Crippen LogP contribution >= 0.6 is 11.6 Å². The van der Waals surface area contributed by atoms with E-state index < -0.39 is 0 Å². The summed E-state index contributed by atoms with van der Waals surface area (Å²) < 4.78 is 5.96. The number of halogens is 1. The van der Waals surface area contributed by atoms with Gasteiger partial charge >= 0.3 is 0 Å². The third kappa shape index (κ3) is 5.28. The van der Waals surface area contributed by atoms with Gasteiger partial charge in [0.1, 0.15) is 11.5 Å². The fourth-order valence-electron chi connectivity index (χ4n) is 3.64. The number of rotatable bonds is 6. The van der Waals surface area contributed by atoms with Gasteiger partial charge in [0.05, 0.1) is 0 Å². The van der Waals surface area contributed by atoms with Crippen LogP contribution in [0, 0.1) is 0 Å². The summed E-state index contributed by atoms with van der Waals surface area (Å²) >= 11 is 6.08. The summed E-state index contributed by atoms with van der Waals surface area (Å²) in [4.78, 5) is 2.51. The molecule has 3 aromatic rings. The fraction of sp³-hybridized carbons (Fsp3) is 0.250. The molecule has 0 bridgehead atoms. The van der Waals surface area contributed by atoms with E-state index in [1.165, 1.54) is 5.56 Å². The van der Waals surface area contributed by atoms with Gasteiger partial charge in [0.25, 0.3) is 0 Å². The van der Waals surface area contributed by atoms with E-state index in [-0.39, 0.29) is 0 Å². The Bertz CT molecular complexity index is 892. The average molecular weight is 393 g/mol. The number of nitrogens with zero attached hydrogens (tertiary/aromatic N) is 1. The number of hydrogen-bond donors (Lipinski definition) is 1. The first-order valence-electron chi connectivity index (χ1n) is 9.81. The highest BCUT2D eigenvalue weighted by atomic mass is 35.5. The molecule has 144 valence electrons. The monoisotopic (exact) mass is 392 g/mol. The molecule has 3 aromatic carbocycles. The summed E-state index contributed by atoms with van der Waals surface area (Å²) in [5, 5.41) is 4.39. The zero-order valence-electron chi connectivity index (χ0n) is 15.9. The molecule has 0 spiro atoms. The molecular weight excluding hydrogens is 368 g/mol. The molecule has 1 aliphatic rings. The molecule has 0 amide bonds. The van der Waals surface area contributed by atoms with Gasteiger partial charge in [0, 0.05) is 36.4 Å². The maximum atomic E-state index is 6.08. The van der Waals surface area contributed by atoms with Crippen LogP contribution in [0.5, 0.6) is 11.5 Å². The van der Waals surface area contributed by atoms with Crippen LogP contribution in [0.25, 0.3) is 0 Å². The largest absolute Gasteiger partial charge is 0.457 e. The van der Waals surface area contributed by atoms with Gasteiger partial charge in [-0.05, 0) is 60.9 Å². The van der Waals surface area contributed by atoms with Crippen LogP contribution in [0.1, 0.15) is 18.4 Å². The van der Waals surface area contributed by atoms with E-state index in [0.717, 1.165) is 54.7 Å². The van der Waals surface area contributed by atoms with Crippen LogP contribution in [0.15, 0.2) is 78.9 Å². The van der Waals surface area contributed by atoms with Crippen molar-refractivity contribution in [3.63, 3.8) is 0 Å². The van der Waals surface area contributed by atoms with Gasteiger partial charge in [0.15, 0.2) is 0 Å². The van der Waals surface area contributed by atoms with Crippen molar-refractivity contribution in [2.45, 2.75) is 25.4 Å².